The molecule has 1 fully saturated rings. The van der Waals surface area contributed by atoms with Gasteiger partial charge < -0.3 is 14.1 Å². The SMILES string of the molecule is O=C(COc1ccc2c(=O)c(-c3ccccc3)coc2c1)N1CCN(Cc2ccccc2)CC1. The molecule has 6 nitrogen and oxygen atoms in total. The molecule has 4 aromatic rings. The Labute approximate surface area is 198 Å². The van der Waals surface area contributed by atoms with Gasteiger partial charge in [0.25, 0.3) is 5.91 Å². The van der Waals surface area contributed by atoms with Crippen LogP contribution in [-0.2, 0) is 11.3 Å². The van der Waals surface area contributed by atoms with Gasteiger partial charge in [0.05, 0.1) is 10.9 Å². The van der Waals surface area contributed by atoms with Crippen molar-refractivity contribution < 1.29 is 13.9 Å². The second kappa shape index (κ2) is 9.93. The molecule has 0 atom stereocenters. The average Bonchev–Trinajstić information content (AvgIpc) is 2.89. The first-order valence-corrected chi connectivity index (χ1v) is 11.5. The number of hydrogen-bond donors (Lipinski definition) is 0. The van der Waals surface area contributed by atoms with Crippen LogP contribution in [0.2, 0.25) is 0 Å². The van der Waals surface area contributed by atoms with Gasteiger partial charge >= 0.3 is 0 Å². The van der Waals surface area contributed by atoms with Gasteiger partial charge in [0.15, 0.2) is 12.0 Å². The van der Waals surface area contributed by atoms with E-state index >= 15 is 0 Å². The lowest BCUT2D eigenvalue weighted by molar-refractivity contribution is -0.135. The summed E-state index contributed by atoms with van der Waals surface area (Å²) in [4.78, 5) is 29.8. The lowest BCUT2D eigenvalue weighted by atomic mass is 10.1. The Hall–Kier alpha value is -3.90. The highest BCUT2D eigenvalue weighted by molar-refractivity contribution is 5.83. The number of rotatable bonds is 6. The second-order valence-corrected chi connectivity index (χ2v) is 8.43. The Balaban J connectivity index is 1.18. The minimum atomic E-state index is -0.0940. The van der Waals surface area contributed by atoms with E-state index < -0.39 is 0 Å². The van der Waals surface area contributed by atoms with Crippen LogP contribution in [0, 0.1) is 0 Å². The van der Waals surface area contributed by atoms with Crippen molar-refractivity contribution in [2.24, 2.45) is 0 Å². The number of benzene rings is 3. The van der Waals surface area contributed by atoms with Crippen LogP contribution >= 0.6 is 0 Å². The molecule has 1 aliphatic heterocycles. The molecule has 5 rings (SSSR count). The Kier molecular flexibility index (Phi) is 6.40. The molecule has 172 valence electrons. The first kappa shape index (κ1) is 21.9. The molecule has 2 heterocycles. The number of fused-ring (bicyclic) bond motifs is 1. The Morgan fingerprint density at radius 2 is 1.59 bits per heavy atom. The summed E-state index contributed by atoms with van der Waals surface area (Å²) in [6, 6.07) is 24.9. The molecule has 0 bridgehead atoms. The summed E-state index contributed by atoms with van der Waals surface area (Å²) >= 11 is 0. The normalized spacial score (nSPS) is 14.3. The first-order valence-electron chi connectivity index (χ1n) is 11.5. The van der Waals surface area contributed by atoms with Crippen molar-refractivity contribution in [2.75, 3.05) is 32.8 Å². The van der Waals surface area contributed by atoms with Gasteiger partial charge in [0.2, 0.25) is 0 Å². The topological polar surface area (TPSA) is 63.0 Å². The number of carbonyl (C=O) groups excluding carboxylic acids is 1. The van der Waals surface area contributed by atoms with Crippen LogP contribution in [0.3, 0.4) is 0 Å². The summed E-state index contributed by atoms with van der Waals surface area (Å²) in [5.41, 5.74) is 2.95. The molecular weight excluding hydrogens is 428 g/mol. The highest BCUT2D eigenvalue weighted by Gasteiger charge is 2.21. The van der Waals surface area contributed by atoms with Crippen molar-refractivity contribution in [3.8, 4) is 16.9 Å². The highest BCUT2D eigenvalue weighted by atomic mass is 16.5. The fraction of sp³-hybridized carbons (Fsp3) is 0.214. The van der Waals surface area contributed by atoms with Gasteiger partial charge in [-0.25, -0.2) is 0 Å². The van der Waals surface area contributed by atoms with Crippen LogP contribution in [0.1, 0.15) is 5.56 Å². The monoisotopic (exact) mass is 454 g/mol. The molecule has 0 spiro atoms. The Morgan fingerprint density at radius 1 is 0.882 bits per heavy atom. The predicted octanol–water partition coefficient (Wildman–Crippen LogP) is 4.18. The van der Waals surface area contributed by atoms with Crippen LogP contribution < -0.4 is 10.2 Å². The second-order valence-electron chi connectivity index (χ2n) is 8.43. The van der Waals surface area contributed by atoms with Crippen molar-refractivity contribution >= 4 is 16.9 Å². The van der Waals surface area contributed by atoms with E-state index in [-0.39, 0.29) is 17.9 Å². The molecule has 0 N–H and O–H groups in total. The third-order valence-electron chi connectivity index (χ3n) is 6.17. The minimum absolute atomic E-state index is 0.0414. The summed E-state index contributed by atoms with van der Waals surface area (Å²) in [6.07, 6.45) is 1.48. The van der Waals surface area contributed by atoms with E-state index in [1.165, 1.54) is 11.8 Å². The van der Waals surface area contributed by atoms with Gasteiger partial charge in [-0.05, 0) is 23.3 Å². The van der Waals surface area contributed by atoms with Gasteiger partial charge in [-0.2, -0.15) is 0 Å². The van der Waals surface area contributed by atoms with E-state index in [2.05, 4.69) is 17.0 Å². The van der Waals surface area contributed by atoms with Crippen LogP contribution in [0.25, 0.3) is 22.1 Å². The molecule has 1 saturated heterocycles. The van der Waals surface area contributed by atoms with Crippen molar-refractivity contribution in [3.63, 3.8) is 0 Å². The molecule has 0 radical (unpaired) electrons. The summed E-state index contributed by atoms with van der Waals surface area (Å²) in [6.45, 7) is 3.90. The zero-order chi connectivity index (χ0) is 23.3. The first-order chi connectivity index (χ1) is 16.7. The van der Waals surface area contributed by atoms with Crippen molar-refractivity contribution in [1.29, 1.82) is 0 Å². The Morgan fingerprint density at radius 3 is 2.32 bits per heavy atom. The lowest BCUT2D eigenvalue weighted by Crippen LogP contribution is -2.49. The number of carbonyl (C=O) groups is 1. The highest BCUT2D eigenvalue weighted by Crippen LogP contribution is 2.23. The smallest absolute Gasteiger partial charge is 0.260 e. The molecule has 6 heteroatoms. The predicted molar refractivity (Wildman–Crippen MR) is 132 cm³/mol. The van der Waals surface area contributed by atoms with E-state index in [1.54, 1.807) is 18.2 Å². The maximum absolute atomic E-state index is 12.9. The third kappa shape index (κ3) is 4.87. The number of hydrogen-bond acceptors (Lipinski definition) is 5. The quantitative estimate of drug-likeness (QED) is 0.437. The fourth-order valence-corrected chi connectivity index (χ4v) is 4.25. The van der Waals surface area contributed by atoms with Gasteiger partial charge in [-0.15, -0.1) is 0 Å². The lowest BCUT2D eigenvalue weighted by Gasteiger charge is -2.34. The Bertz CT molecular complexity index is 1330. The van der Waals surface area contributed by atoms with Gasteiger partial charge in [-0.1, -0.05) is 60.7 Å². The minimum Gasteiger partial charge on any atom is -0.484 e. The molecule has 0 unspecified atom stereocenters. The molecule has 0 aliphatic carbocycles. The number of piperazine rings is 1. The zero-order valence-electron chi connectivity index (χ0n) is 18.9. The van der Waals surface area contributed by atoms with E-state index in [0.29, 0.717) is 35.4 Å². The third-order valence-corrected chi connectivity index (χ3v) is 6.17. The molecule has 0 saturated carbocycles. The molecule has 1 amide bonds. The maximum Gasteiger partial charge on any atom is 0.260 e. The summed E-state index contributed by atoms with van der Waals surface area (Å²) < 4.78 is 11.5. The van der Waals surface area contributed by atoms with E-state index in [0.717, 1.165) is 25.2 Å². The largest absolute Gasteiger partial charge is 0.484 e. The standard InChI is InChI=1S/C28H26N2O4/c31-27(30-15-13-29(14-16-30)18-21-7-3-1-4-8-21)20-33-23-11-12-24-26(17-23)34-19-25(28(24)32)22-9-5-2-6-10-22/h1-12,17,19H,13-16,18,20H2. The van der Waals surface area contributed by atoms with Crippen LogP contribution in [0.15, 0.2) is 94.3 Å². The molecule has 34 heavy (non-hydrogen) atoms. The van der Waals surface area contributed by atoms with Crippen LogP contribution in [-0.4, -0.2) is 48.5 Å². The van der Waals surface area contributed by atoms with Gasteiger partial charge in [0, 0.05) is 38.8 Å². The summed E-state index contributed by atoms with van der Waals surface area (Å²) in [7, 11) is 0. The number of amides is 1. The van der Waals surface area contributed by atoms with E-state index in [9.17, 15) is 9.59 Å². The number of ether oxygens (including phenoxy) is 1. The molecular formula is C28H26N2O4. The van der Waals surface area contributed by atoms with Crippen LogP contribution in [0.4, 0.5) is 0 Å². The summed E-state index contributed by atoms with van der Waals surface area (Å²) in [5, 5.41) is 0.481. The van der Waals surface area contributed by atoms with Gasteiger partial charge in [-0.3, -0.25) is 14.5 Å². The summed E-state index contributed by atoms with van der Waals surface area (Å²) in [5.74, 6) is 0.458. The van der Waals surface area contributed by atoms with Crippen molar-refractivity contribution in [1.82, 2.24) is 9.80 Å². The fourth-order valence-electron chi connectivity index (χ4n) is 4.25. The van der Waals surface area contributed by atoms with E-state index in [1.807, 2.05) is 53.4 Å². The zero-order valence-corrected chi connectivity index (χ0v) is 18.9. The van der Waals surface area contributed by atoms with Gasteiger partial charge in [0.1, 0.15) is 17.6 Å². The van der Waals surface area contributed by atoms with Crippen LogP contribution in [0.5, 0.6) is 5.75 Å². The number of nitrogens with zero attached hydrogens (tertiary/aromatic N) is 2. The average molecular weight is 455 g/mol. The molecule has 1 aliphatic rings. The molecule has 3 aromatic carbocycles. The van der Waals surface area contributed by atoms with E-state index in [4.69, 9.17) is 9.15 Å². The molecule has 1 aromatic heterocycles. The maximum atomic E-state index is 12.9. The van der Waals surface area contributed by atoms with Crippen molar-refractivity contribution in [2.45, 2.75) is 6.54 Å². The van der Waals surface area contributed by atoms with Crippen molar-refractivity contribution in [3.05, 3.63) is 101 Å².